The van der Waals surface area contributed by atoms with Crippen molar-refractivity contribution >= 4 is 11.7 Å². The van der Waals surface area contributed by atoms with Gasteiger partial charge in [0.05, 0.1) is 14.1 Å². The van der Waals surface area contributed by atoms with Crippen LogP contribution in [0, 0.1) is 0 Å². The number of carbonyl (C=O) groups is 2. The number of carbonyl (C=O) groups excluding carboxylic acids is 2. The zero-order valence-electron chi connectivity index (χ0n) is 19.3. The molecule has 0 radical (unpaired) electrons. The summed E-state index contributed by atoms with van der Waals surface area (Å²) in [5.74, 6) is 0.0841. The van der Waals surface area contributed by atoms with Gasteiger partial charge in [0, 0.05) is 6.42 Å². The Kier molecular flexibility index (Phi) is 17.5. The van der Waals surface area contributed by atoms with Crippen molar-refractivity contribution in [3.05, 3.63) is 12.7 Å². The molecule has 0 aliphatic heterocycles. The van der Waals surface area contributed by atoms with Gasteiger partial charge in [-0.1, -0.05) is 103 Å². The molecule has 0 aromatic heterocycles. The van der Waals surface area contributed by atoms with E-state index in [0.29, 0.717) is 13.0 Å². The fourth-order valence-electron chi connectivity index (χ4n) is 3.59. The summed E-state index contributed by atoms with van der Waals surface area (Å²) in [6, 6.07) is 0. The first-order valence-electron chi connectivity index (χ1n) is 11.9. The lowest BCUT2D eigenvalue weighted by molar-refractivity contribution is -0.807. The maximum atomic E-state index is 12.1. The standard InChI is InChI=1S/C25H48NO2/c1-5-7-8-9-10-11-12-13-14-15-16-17-18-19-20-21-24(27)23-25(28)26(3,4)22-6-2/h6H,2,5,7-23H2,1,3-4H3/q+1. The average Bonchev–Trinajstić information content (AvgIpc) is 2.64. The second kappa shape index (κ2) is 18.1. The summed E-state index contributed by atoms with van der Waals surface area (Å²) in [4.78, 5) is 24.1. The second-order valence-electron chi connectivity index (χ2n) is 8.97. The fraction of sp³-hybridized carbons (Fsp3) is 0.840. The summed E-state index contributed by atoms with van der Waals surface area (Å²) in [6.45, 7) is 6.52. The number of ketones is 1. The molecule has 0 saturated heterocycles. The predicted molar refractivity (Wildman–Crippen MR) is 121 cm³/mol. The SMILES string of the molecule is C=CC[N+](C)(C)C(=O)CC(=O)CCCCCCCCCCCCCCCCC. The number of hydrogen-bond acceptors (Lipinski definition) is 2. The Labute approximate surface area is 175 Å². The molecule has 0 saturated carbocycles. The molecule has 3 heteroatoms. The number of nitrogens with zero attached hydrogens (tertiary/aromatic N) is 1. The highest BCUT2D eigenvalue weighted by Crippen LogP contribution is 2.14. The summed E-state index contributed by atoms with van der Waals surface area (Å²) in [5, 5.41) is 0. The number of rotatable bonds is 20. The van der Waals surface area contributed by atoms with Crippen LogP contribution in [0.2, 0.25) is 0 Å². The van der Waals surface area contributed by atoms with Gasteiger partial charge in [0.1, 0.15) is 18.7 Å². The molecular formula is C25H48NO2+. The molecule has 0 heterocycles. The van der Waals surface area contributed by atoms with Crippen LogP contribution in [-0.4, -0.2) is 36.8 Å². The molecule has 0 aliphatic carbocycles. The number of unbranched alkanes of at least 4 members (excludes halogenated alkanes) is 14. The minimum atomic E-state index is -0.00846. The lowest BCUT2D eigenvalue weighted by Gasteiger charge is -2.24. The molecule has 0 aliphatic rings. The highest BCUT2D eigenvalue weighted by molar-refractivity contribution is 5.95. The average molecular weight is 395 g/mol. The van der Waals surface area contributed by atoms with Crippen molar-refractivity contribution < 1.29 is 14.1 Å². The number of quaternary nitrogens is 1. The van der Waals surface area contributed by atoms with Gasteiger partial charge in [-0.05, 0) is 12.5 Å². The van der Waals surface area contributed by atoms with Crippen LogP contribution in [0.25, 0.3) is 0 Å². The Morgan fingerprint density at radius 3 is 1.50 bits per heavy atom. The first kappa shape index (κ1) is 27.0. The smallest absolute Gasteiger partial charge is 0.299 e. The molecule has 0 aromatic rings. The van der Waals surface area contributed by atoms with E-state index in [2.05, 4.69) is 13.5 Å². The van der Waals surface area contributed by atoms with Gasteiger partial charge in [-0.2, -0.15) is 0 Å². The molecule has 0 rings (SSSR count). The molecule has 0 atom stereocenters. The normalized spacial score (nSPS) is 11.5. The summed E-state index contributed by atoms with van der Waals surface area (Å²) in [6.07, 6.45) is 22.2. The maximum absolute atomic E-state index is 12.1. The van der Waals surface area contributed by atoms with Gasteiger partial charge >= 0.3 is 5.91 Å². The molecule has 0 spiro atoms. The van der Waals surface area contributed by atoms with Crippen molar-refractivity contribution in [1.29, 1.82) is 0 Å². The van der Waals surface area contributed by atoms with Gasteiger partial charge in [-0.25, -0.2) is 4.79 Å². The highest BCUT2D eigenvalue weighted by atomic mass is 16.2. The van der Waals surface area contributed by atoms with Crippen molar-refractivity contribution in [2.75, 3.05) is 20.6 Å². The number of Topliss-reactive ketones (excluding diaryl/α,β-unsaturated/α-hetero) is 1. The topological polar surface area (TPSA) is 34.1 Å². The second-order valence-corrected chi connectivity index (χ2v) is 8.97. The van der Waals surface area contributed by atoms with Crippen LogP contribution < -0.4 is 0 Å². The summed E-state index contributed by atoms with van der Waals surface area (Å²) in [7, 11) is 3.68. The molecular weight excluding hydrogens is 346 g/mol. The third kappa shape index (κ3) is 16.0. The Bertz CT molecular complexity index is 415. The minimum absolute atomic E-state index is 0.00846. The van der Waals surface area contributed by atoms with Gasteiger partial charge in [-0.3, -0.25) is 9.28 Å². The molecule has 3 nitrogen and oxygen atoms in total. The quantitative estimate of drug-likeness (QED) is 0.0964. The van der Waals surface area contributed by atoms with Crippen LogP contribution in [0.4, 0.5) is 0 Å². The van der Waals surface area contributed by atoms with Crippen LogP contribution >= 0.6 is 0 Å². The molecule has 0 aromatic carbocycles. The van der Waals surface area contributed by atoms with E-state index in [4.69, 9.17) is 0 Å². The van der Waals surface area contributed by atoms with Crippen molar-refractivity contribution in [1.82, 2.24) is 0 Å². The van der Waals surface area contributed by atoms with E-state index in [1.54, 1.807) is 6.08 Å². The third-order valence-corrected chi connectivity index (χ3v) is 5.67. The predicted octanol–water partition coefficient (Wildman–Crippen LogP) is 7.00. The van der Waals surface area contributed by atoms with Crippen LogP contribution in [0.15, 0.2) is 12.7 Å². The molecule has 0 fully saturated rings. The third-order valence-electron chi connectivity index (χ3n) is 5.67. The first-order valence-corrected chi connectivity index (χ1v) is 11.9. The molecule has 28 heavy (non-hydrogen) atoms. The van der Waals surface area contributed by atoms with E-state index >= 15 is 0 Å². The minimum Gasteiger partial charge on any atom is -0.299 e. The summed E-state index contributed by atoms with van der Waals surface area (Å²) < 4.78 is 0.216. The monoisotopic (exact) mass is 394 g/mol. The van der Waals surface area contributed by atoms with Crippen molar-refractivity contribution in [3.63, 3.8) is 0 Å². The molecule has 0 N–H and O–H groups in total. The van der Waals surface area contributed by atoms with E-state index in [9.17, 15) is 9.59 Å². The van der Waals surface area contributed by atoms with Gasteiger partial charge in [0.2, 0.25) is 0 Å². The van der Waals surface area contributed by atoms with Gasteiger partial charge in [0.15, 0.2) is 0 Å². The number of amides is 1. The van der Waals surface area contributed by atoms with Crippen LogP contribution in [0.1, 0.15) is 116 Å². The van der Waals surface area contributed by atoms with Crippen LogP contribution in [-0.2, 0) is 9.59 Å². The van der Waals surface area contributed by atoms with E-state index < -0.39 is 0 Å². The van der Waals surface area contributed by atoms with Crippen LogP contribution in [0.5, 0.6) is 0 Å². The number of hydrogen-bond donors (Lipinski definition) is 0. The Hall–Kier alpha value is -0.960. The van der Waals surface area contributed by atoms with E-state index in [0.717, 1.165) is 12.8 Å². The molecule has 0 bridgehead atoms. The Balaban J connectivity index is 3.40. The van der Waals surface area contributed by atoms with E-state index in [-0.39, 0.29) is 22.6 Å². The van der Waals surface area contributed by atoms with Crippen molar-refractivity contribution in [3.8, 4) is 0 Å². The molecule has 0 unspecified atom stereocenters. The maximum Gasteiger partial charge on any atom is 0.321 e. The molecule has 1 amide bonds. The summed E-state index contributed by atoms with van der Waals surface area (Å²) >= 11 is 0. The lowest BCUT2D eigenvalue weighted by atomic mass is 10.0. The van der Waals surface area contributed by atoms with Crippen LogP contribution in [0.3, 0.4) is 0 Å². The van der Waals surface area contributed by atoms with Crippen molar-refractivity contribution in [2.24, 2.45) is 0 Å². The Morgan fingerprint density at radius 2 is 1.11 bits per heavy atom. The molecule has 164 valence electrons. The van der Waals surface area contributed by atoms with Gasteiger partial charge in [0.25, 0.3) is 0 Å². The Morgan fingerprint density at radius 1 is 0.714 bits per heavy atom. The van der Waals surface area contributed by atoms with Gasteiger partial charge in [-0.15, -0.1) is 0 Å². The first-order chi connectivity index (χ1) is 13.4. The zero-order valence-corrected chi connectivity index (χ0v) is 19.3. The van der Waals surface area contributed by atoms with Gasteiger partial charge < -0.3 is 0 Å². The fourth-order valence-corrected chi connectivity index (χ4v) is 3.59. The van der Waals surface area contributed by atoms with E-state index in [1.165, 1.54) is 83.5 Å². The lowest BCUT2D eigenvalue weighted by Crippen LogP contribution is -2.46. The summed E-state index contributed by atoms with van der Waals surface area (Å²) in [5.41, 5.74) is 0. The zero-order chi connectivity index (χ0) is 21.1. The number of likely N-dealkylation sites (N-methyl/N-ethyl adjacent to an activating group) is 1. The largest absolute Gasteiger partial charge is 0.321 e. The van der Waals surface area contributed by atoms with E-state index in [1.807, 2.05) is 14.1 Å². The van der Waals surface area contributed by atoms with Crippen molar-refractivity contribution in [2.45, 2.75) is 116 Å². The highest BCUT2D eigenvalue weighted by Gasteiger charge is 2.26.